The zero-order chi connectivity index (χ0) is 9.84. The standard InChI is InChI=1S/C8H7NO4/c10-7(8(11)9(12)13)6-4-2-1-3-5-6/h1-5,8,11H. The van der Waals surface area contributed by atoms with Gasteiger partial charge in [-0.05, 0) is 0 Å². The van der Waals surface area contributed by atoms with E-state index < -0.39 is 16.9 Å². The SMILES string of the molecule is O=C(c1ccccc1)C(O)[N+](=O)[O-]. The van der Waals surface area contributed by atoms with Gasteiger partial charge in [0.2, 0.25) is 0 Å². The molecule has 0 aliphatic carbocycles. The highest BCUT2D eigenvalue weighted by Gasteiger charge is 2.26. The summed E-state index contributed by atoms with van der Waals surface area (Å²) < 4.78 is 0. The molecule has 1 N–H and O–H groups in total. The number of nitrogens with zero attached hydrogens (tertiary/aromatic N) is 1. The van der Waals surface area contributed by atoms with Gasteiger partial charge in [-0.3, -0.25) is 14.9 Å². The lowest BCUT2D eigenvalue weighted by molar-refractivity contribution is -0.550. The van der Waals surface area contributed by atoms with Crippen LogP contribution in [0.5, 0.6) is 0 Å². The predicted octanol–water partition coefficient (Wildman–Crippen LogP) is 0.464. The van der Waals surface area contributed by atoms with Crippen molar-refractivity contribution in [3.8, 4) is 0 Å². The van der Waals surface area contributed by atoms with Gasteiger partial charge in [-0.2, -0.15) is 0 Å². The second kappa shape index (κ2) is 3.77. The molecule has 0 saturated heterocycles. The molecule has 1 aromatic carbocycles. The van der Waals surface area contributed by atoms with Crippen molar-refractivity contribution in [2.45, 2.75) is 6.23 Å². The summed E-state index contributed by atoms with van der Waals surface area (Å²) in [7, 11) is 0. The molecular weight excluding hydrogens is 174 g/mol. The van der Waals surface area contributed by atoms with E-state index >= 15 is 0 Å². The number of aliphatic hydroxyl groups excluding tert-OH is 1. The number of Topliss-reactive ketones (excluding diaryl/α,β-unsaturated/α-hetero) is 1. The van der Waals surface area contributed by atoms with Crippen LogP contribution in [0.3, 0.4) is 0 Å². The van der Waals surface area contributed by atoms with Crippen molar-refractivity contribution < 1.29 is 14.8 Å². The number of hydrogen-bond acceptors (Lipinski definition) is 4. The third-order valence-electron chi connectivity index (χ3n) is 1.49. The van der Waals surface area contributed by atoms with E-state index in [0.717, 1.165) is 0 Å². The summed E-state index contributed by atoms with van der Waals surface area (Å²) in [6, 6.07) is 7.64. The molecule has 0 aliphatic rings. The zero-order valence-electron chi connectivity index (χ0n) is 6.58. The van der Waals surface area contributed by atoms with Crippen molar-refractivity contribution in [1.82, 2.24) is 0 Å². The zero-order valence-corrected chi connectivity index (χ0v) is 6.58. The number of rotatable bonds is 3. The molecule has 0 fully saturated rings. The molecule has 0 heterocycles. The van der Waals surface area contributed by atoms with Gasteiger partial charge in [0.1, 0.15) is 0 Å². The minimum absolute atomic E-state index is 0.131. The summed E-state index contributed by atoms with van der Waals surface area (Å²) >= 11 is 0. The summed E-state index contributed by atoms with van der Waals surface area (Å²) in [5.41, 5.74) is 0.131. The minimum atomic E-state index is -2.16. The quantitative estimate of drug-likeness (QED) is 0.318. The Balaban J connectivity index is 2.86. The molecule has 1 aromatic rings. The lowest BCUT2D eigenvalue weighted by atomic mass is 10.1. The van der Waals surface area contributed by atoms with Crippen LogP contribution >= 0.6 is 0 Å². The Kier molecular flexibility index (Phi) is 2.71. The van der Waals surface area contributed by atoms with Crippen LogP contribution in [0.15, 0.2) is 30.3 Å². The Labute approximate surface area is 73.8 Å². The topological polar surface area (TPSA) is 80.4 Å². The molecular formula is C8H7NO4. The molecule has 0 aliphatic heterocycles. The molecule has 0 radical (unpaired) electrons. The van der Waals surface area contributed by atoms with Crippen molar-refractivity contribution in [1.29, 1.82) is 0 Å². The highest BCUT2D eigenvalue weighted by atomic mass is 16.7. The minimum Gasteiger partial charge on any atom is -0.327 e. The van der Waals surface area contributed by atoms with Crippen LogP contribution in [-0.2, 0) is 0 Å². The summed E-state index contributed by atoms with van der Waals surface area (Å²) in [6.45, 7) is 0. The number of nitro groups is 1. The van der Waals surface area contributed by atoms with Gasteiger partial charge >= 0.3 is 6.23 Å². The van der Waals surface area contributed by atoms with Gasteiger partial charge in [-0.1, -0.05) is 30.3 Å². The predicted molar refractivity (Wildman–Crippen MR) is 43.8 cm³/mol. The highest BCUT2D eigenvalue weighted by molar-refractivity contribution is 5.98. The molecule has 1 unspecified atom stereocenters. The fourth-order valence-corrected chi connectivity index (χ4v) is 0.847. The fraction of sp³-hybridized carbons (Fsp3) is 0.125. The fourth-order valence-electron chi connectivity index (χ4n) is 0.847. The second-order valence-corrected chi connectivity index (χ2v) is 2.39. The van der Waals surface area contributed by atoms with Crippen LogP contribution < -0.4 is 0 Å². The van der Waals surface area contributed by atoms with Crippen LogP contribution in [0.2, 0.25) is 0 Å². The number of hydrogen-bond donors (Lipinski definition) is 1. The van der Waals surface area contributed by atoms with E-state index in [0.29, 0.717) is 0 Å². The maximum atomic E-state index is 11.1. The van der Waals surface area contributed by atoms with Crippen LogP contribution in [0.4, 0.5) is 0 Å². The smallest absolute Gasteiger partial charge is 0.327 e. The van der Waals surface area contributed by atoms with Crippen LogP contribution in [0, 0.1) is 10.1 Å². The van der Waals surface area contributed by atoms with Gasteiger partial charge in [0.05, 0.1) is 4.92 Å². The van der Waals surface area contributed by atoms with E-state index in [9.17, 15) is 14.9 Å². The average molecular weight is 181 g/mol. The first-order valence-electron chi connectivity index (χ1n) is 3.54. The monoisotopic (exact) mass is 181 g/mol. The lowest BCUT2D eigenvalue weighted by Crippen LogP contribution is -2.28. The van der Waals surface area contributed by atoms with E-state index in [2.05, 4.69) is 0 Å². The molecule has 0 bridgehead atoms. The maximum Gasteiger partial charge on any atom is 0.377 e. The van der Waals surface area contributed by atoms with Crippen LogP contribution in [0.25, 0.3) is 0 Å². The first-order chi connectivity index (χ1) is 6.13. The molecule has 5 heteroatoms. The maximum absolute atomic E-state index is 11.1. The molecule has 1 atom stereocenters. The number of carbonyl (C=O) groups is 1. The van der Waals surface area contributed by atoms with Crippen molar-refractivity contribution in [2.24, 2.45) is 0 Å². The number of carbonyl (C=O) groups excluding carboxylic acids is 1. The highest BCUT2D eigenvalue weighted by Crippen LogP contribution is 2.03. The second-order valence-electron chi connectivity index (χ2n) is 2.39. The third kappa shape index (κ3) is 2.09. The number of aliphatic hydroxyl groups is 1. The molecule has 0 aromatic heterocycles. The van der Waals surface area contributed by atoms with E-state index in [4.69, 9.17) is 5.11 Å². The van der Waals surface area contributed by atoms with E-state index in [1.807, 2.05) is 0 Å². The van der Waals surface area contributed by atoms with Crippen molar-refractivity contribution >= 4 is 5.78 Å². The average Bonchev–Trinajstić information content (AvgIpc) is 2.17. The van der Waals surface area contributed by atoms with Crippen molar-refractivity contribution in [3.63, 3.8) is 0 Å². The molecule has 0 amide bonds. The molecule has 68 valence electrons. The molecule has 13 heavy (non-hydrogen) atoms. The summed E-state index contributed by atoms with van der Waals surface area (Å²) in [6.07, 6.45) is -2.16. The Morgan fingerprint density at radius 2 is 1.92 bits per heavy atom. The number of ketones is 1. The molecule has 1 rings (SSSR count). The Morgan fingerprint density at radius 1 is 1.38 bits per heavy atom. The van der Waals surface area contributed by atoms with Gasteiger partial charge in [0, 0.05) is 5.56 Å². The number of benzene rings is 1. The van der Waals surface area contributed by atoms with E-state index in [1.54, 1.807) is 18.2 Å². The van der Waals surface area contributed by atoms with Crippen molar-refractivity contribution in [2.75, 3.05) is 0 Å². The molecule has 0 spiro atoms. The Hall–Kier alpha value is -1.75. The third-order valence-corrected chi connectivity index (χ3v) is 1.49. The Bertz CT molecular complexity index is 322. The van der Waals surface area contributed by atoms with Gasteiger partial charge in [0.25, 0.3) is 5.78 Å². The van der Waals surface area contributed by atoms with E-state index in [-0.39, 0.29) is 5.56 Å². The van der Waals surface area contributed by atoms with Gasteiger partial charge in [0.15, 0.2) is 0 Å². The first kappa shape index (κ1) is 9.34. The van der Waals surface area contributed by atoms with E-state index in [1.165, 1.54) is 12.1 Å². The largest absolute Gasteiger partial charge is 0.377 e. The molecule has 0 saturated carbocycles. The summed E-state index contributed by atoms with van der Waals surface area (Å²) in [5.74, 6) is -0.898. The summed E-state index contributed by atoms with van der Waals surface area (Å²) in [5, 5.41) is 18.8. The first-order valence-corrected chi connectivity index (χ1v) is 3.54. The normalized spacial score (nSPS) is 12.1. The van der Waals surface area contributed by atoms with Gasteiger partial charge < -0.3 is 5.11 Å². The van der Waals surface area contributed by atoms with Crippen LogP contribution in [-0.4, -0.2) is 22.0 Å². The molecule has 5 nitrogen and oxygen atoms in total. The van der Waals surface area contributed by atoms with Gasteiger partial charge in [-0.15, -0.1) is 0 Å². The Morgan fingerprint density at radius 3 is 2.38 bits per heavy atom. The van der Waals surface area contributed by atoms with Gasteiger partial charge in [-0.25, -0.2) is 0 Å². The summed E-state index contributed by atoms with van der Waals surface area (Å²) in [4.78, 5) is 20.1. The lowest BCUT2D eigenvalue weighted by Gasteiger charge is -2.00. The van der Waals surface area contributed by atoms with Crippen molar-refractivity contribution in [3.05, 3.63) is 46.0 Å². The van der Waals surface area contributed by atoms with Crippen LogP contribution in [0.1, 0.15) is 10.4 Å².